The second-order valence-electron chi connectivity index (χ2n) is 4.82. The van der Waals surface area contributed by atoms with Gasteiger partial charge in [0.15, 0.2) is 5.82 Å². The van der Waals surface area contributed by atoms with Gasteiger partial charge in [-0.15, -0.1) is 0 Å². The van der Waals surface area contributed by atoms with Crippen LogP contribution in [0.2, 0.25) is 5.15 Å². The number of hydrogen-bond acceptors (Lipinski definition) is 4. The molecule has 0 radical (unpaired) electrons. The number of halogens is 1. The van der Waals surface area contributed by atoms with E-state index in [0.717, 1.165) is 30.8 Å². The van der Waals surface area contributed by atoms with Crippen molar-refractivity contribution < 1.29 is 4.74 Å². The Morgan fingerprint density at radius 1 is 1.20 bits per heavy atom. The lowest BCUT2D eigenvalue weighted by Gasteiger charge is -2.23. The third-order valence-corrected chi connectivity index (χ3v) is 3.43. The summed E-state index contributed by atoms with van der Waals surface area (Å²) in [5.74, 6) is 1.39. The van der Waals surface area contributed by atoms with Crippen molar-refractivity contribution >= 4 is 17.4 Å². The van der Waals surface area contributed by atoms with E-state index in [4.69, 9.17) is 16.3 Å². The molecule has 1 aromatic carbocycles. The first-order chi connectivity index (χ1) is 9.81. The number of rotatable bonds is 3. The predicted octanol–water partition coefficient (Wildman–Crippen LogP) is 3.39. The van der Waals surface area contributed by atoms with E-state index in [9.17, 15) is 0 Å². The van der Waals surface area contributed by atoms with Crippen LogP contribution in [0.5, 0.6) is 0 Å². The fourth-order valence-corrected chi connectivity index (χ4v) is 2.45. The van der Waals surface area contributed by atoms with E-state index >= 15 is 0 Å². The molecular formula is C15H16ClN3O. The Morgan fingerprint density at radius 3 is 2.80 bits per heavy atom. The highest BCUT2D eigenvalue weighted by Gasteiger charge is 2.15. The fraction of sp³-hybridized carbons (Fsp3) is 0.333. The molecule has 0 spiro atoms. The molecule has 1 aromatic heterocycles. The van der Waals surface area contributed by atoms with Crippen molar-refractivity contribution in [1.82, 2.24) is 9.97 Å². The van der Waals surface area contributed by atoms with Crippen molar-refractivity contribution in [1.29, 1.82) is 0 Å². The van der Waals surface area contributed by atoms with Gasteiger partial charge in [0.25, 0.3) is 0 Å². The molecule has 0 bridgehead atoms. The van der Waals surface area contributed by atoms with E-state index in [2.05, 4.69) is 15.3 Å². The molecule has 2 aromatic rings. The number of hydrogen-bond donors (Lipinski definition) is 1. The number of nitrogens with zero attached hydrogens (tertiary/aromatic N) is 2. The standard InChI is InChI=1S/C15H16ClN3O/c16-13-9-14(17-12-7-4-8-20-10-12)19-15(18-13)11-5-2-1-3-6-11/h1-3,5-6,9,12H,4,7-8,10H2,(H,17,18,19). The Hall–Kier alpha value is -1.65. The summed E-state index contributed by atoms with van der Waals surface area (Å²) in [6, 6.07) is 11.9. The third-order valence-electron chi connectivity index (χ3n) is 3.24. The minimum absolute atomic E-state index is 0.290. The number of ether oxygens (including phenoxy) is 1. The molecule has 1 N–H and O–H groups in total. The first-order valence-corrected chi connectivity index (χ1v) is 7.13. The van der Waals surface area contributed by atoms with Crippen LogP contribution in [0, 0.1) is 0 Å². The molecule has 3 rings (SSSR count). The normalized spacial score (nSPS) is 18.8. The van der Waals surface area contributed by atoms with E-state index < -0.39 is 0 Å². The van der Waals surface area contributed by atoms with Gasteiger partial charge in [0.1, 0.15) is 11.0 Å². The molecular weight excluding hydrogens is 274 g/mol. The van der Waals surface area contributed by atoms with E-state index in [0.29, 0.717) is 23.6 Å². The summed E-state index contributed by atoms with van der Waals surface area (Å²) < 4.78 is 5.46. The van der Waals surface area contributed by atoms with Crippen LogP contribution in [0.15, 0.2) is 36.4 Å². The van der Waals surface area contributed by atoms with E-state index in [-0.39, 0.29) is 0 Å². The lowest BCUT2D eigenvalue weighted by atomic mass is 10.1. The molecule has 104 valence electrons. The number of nitrogens with one attached hydrogen (secondary N) is 1. The Bertz CT molecular complexity index is 571. The van der Waals surface area contributed by atoms with Crippen molar-refractivity contribution in [3.63, 3.8) is 0 Å². The highest BCUT2D eigenvalue weighted by atomic mass is 35.5. The molecule has 0 amide bonds. The maximum absolute atomic E-state index is 6.10. The molecule has 0 aliphatic carbocycles. The van der Waals surface area contributed by atoms with Crippen LogP contribution < -0.4 is 5.32 Å². The van der Waals surface area contributed by atoms with Crippen molar-refractivity contribution in [2.24, 2.45) is 0 Å². The van der Waals surface area contributed by atoms with Gasteiger partial charge in [-0.2, -0.15) is 0 Å². The van der Waals surface area contributed by atoms with Gasteiger partial charge in [-0.05, 0) is 12.8 Å². The molecule has 5 heteroatoms. The lowest BCUT2D eigenvalue weighted by Crippen LogP contribution is -2.30. The van der Waals surface area contributed by atoms with Gasteiger partial charge in [0.2, 0.25) is 0 Å². The van der Waals surface area contributed by atoms with Gasteiger partial charge < -0.3 is 10.1 Å². The molecule has 1 aliphatic heterocycles. The number of aromatic nitrogens is 2. The van der Waals surface area contributed by atoms with E-state index in [1.54, 1.807) is 6.07 Å². The van der Waals surface area contributed by atoms with Crippen molar-refractivity contribution in [2.45, 2.75) is 18.9 Å². The summed E-state index contributed by atoms with van der Waals surface area (Å²) in [4.78, 5) is 8.82. The Labute approximate surface area is 123 Å². The second-order valence-corrected chi connectivity index (χ2v) is 5.21. The third kappa shape index (κ3) is 3.26. The van der Waals surface area contributed by atoms with Crippen molar-refractivity contribution in [2.75, 3.05) is 18.5 Å². The van der Waals surface area contributed by atoms with Gasteiger partial charge in [-0.1, -0.05) is 41.9 Å². The highest BCUT2D eigenvalue weighted by molar-refractivity contribution is 6.29. The molecule has 1 unspecified atom stereocenters. The van der Waals surface area contributed by atoms with Crippen LogP contribution in [0.1, 0.15) is 12.8 Å². The maximum atomic E-state index is 6.10. The van der Waals surface area contributed by atoms with Crippen molar-refractivity contribution in [3.8, 4) is 11.4 Å². The van der Waals surface area contributed by atoms with Crippen LogP contribution >= 0.6 is 11.6 Å². The largest absolute Gasteiger partial charge is 0.379 e. The van der Waals surface area contributed by atoms with E-state index in [1.807, 2.05) is 30.3 Å². The van der Waals surface area contributed by atoms with E-state index in [1.165, 1.54) is 0 Å². The highest BCUT2D eigenvalue weighted by Crippen LogP contribution is 2.21. The SMILES string of the molecule is Clc1cc(NC2CCCOC2)nc(-c2ccccc2)n1. The minimum Gasteiger partial charge on any atom is -0.379 e. The molecule has 0 saturated carbocycles. The van der Waals surface area contributed by atoms with Gasteiger partial charge in [0, 0.05) is 18.2 Å². The van der Waals surface area contributed by atoms with Crippen LogP contribution in [0.25, 0.3) is 11.4 Å². The van der Waals surface area contributed by atoms with Gasteiger partial charge in [-0.3, -0.25) is 0 Å². The summed E-state index contributed by atoms with van der Waals surface area (Å²) in [5.41, 5.74) is 0.956. The molecule has 1 atom stereocenters. The quantitative estimate of drug-likeness (QED) is 0.880. The topological polar surface area (TPSA) is 47.0 Å². The number of benzene rings is 1. The van der Waals surface area contributed by atoms with Gasteiger partial charge in [0.05, 0.1) is 12.6 Å². The average Bonchev–Trinajstić information content (AvgIpc) is 2.49. The van der Waals surface area contributed by atoms with Crippen LogP contribution in [0.3, 0.4) is 0 Å². The average molecular weight is 290 g/mol. The Morgan fingerprint density at radius 2 is 2.05 bits per heavy atom. The number of anilines is 1. The zero-order valence-electron chi connectivity index (χ0n) is 11.1. The summed E-state index contributed by atoms with van der Waals surface area (Å²) in [5, 5.41) is 3.81. The second kappa shape index (κ2) is 6.20. The summed E-state index contributed by atoms with van der Waals surface area (Å²) in [7, 11) is 0. The smallest absolute Gasteiger partial charge is 0.163 e. The Balaban J connectivity index is 1.83. The van der Waals surface area contributed by atoms with Crippen LogP contribution in [-0.2, 0) is 4.74 Å². The first kappa shape index (κ1) is 13.3. The molecule has 1 saturated heterocycles. The monoisotopic (exact) mass is 289 g/mol. The van der Waals surface area contributed by atoms with Crippen molar-refractivity contribution in [3.05, 3.63) is 41.6 Å². The first-order valence-electron chi connectivity index (χ1n) is 6.75. The fourth-order valence-electron chi connectivity index (χ4n) is 2.27. The summed E-state index contributed by atoms with van der Waals surface area (Å²) >= 11 is 6.10. The molecule has 20 heavy (non-hydrogen) atoms. The Kier molecular flexibility index (Phi) is 4.14. The molecule has 4 nitrogen and oxygen atoms in total. The summed E-state index contributed by atoms with van der Waals surface area (Å²) in [6.07, 6.45) is 2.16. The molecule has 1 aliphatic rings. The van der Waals surface area contributed by atoms with Gasteiger partial charge in [-0.25, -0.2) is 9.97 Å². The predicted molar refractivity (Wildman–Crippen MR) is 79.9 cm³/mol. The zero-order valence-corrected chi connectivity index (χ0v) is 11.8. The van der Waals surface area contributed by atoms with Crippen LogP contribution in [-0.4, -0.2) is 29.2 Å². The maximum Gasteiger partial charge on any atom is 0.163 e. The molecule has 1 fully saturated rings. The summed E-state index contributed by atoms with van der Waals surface area (Å²) in [6.45, 7) is 1.56. The van der Waals surface area contributed by atoms with Crippen LogP contribution in [0.4, 0.5) is 5.82 Å². The molecule has 2 heterocycles. The van der Waals surface area contributed by atoms with Gasteiger partial charge >= 0.3 is 0 Å². The minimum atomic E-state index is 0.290. The lowest BCUT2D eigenvalue weighted by molar-refractivity contribution is 0.0875. The zero-order chi connectivity index (χ0) is 13.8.